The highest BCUT2D eigenvalue weighted by atomic mass is 32.2. The topological polar surface area (TPSA) is 87.1 Å². The monoisotopic (exact) mass is 377 g/mol. The number of benzene rings is 3. The van der Waals surface area contributed by atoms with E-state index in [4.69, 9.17) is 4.42 Å². The molecule has 0 aliphatic rings. The number of para-hydroxylation sites is 1. The first-order chi connectivity index (χ1) is 13.2. The number of rotatable bonds is 5. The number of H-pyrrole nitrogens is 1. The molecule has 0 radical (unpaired) electrons. The van der Waals surface area contributed by atoms with Crippen LogP contribution in [0, 0.1) is 0 Å². The summed E-state index contributed by atoms with van der Waals surface area (Å²) in [7, 11) is 0. The number of carbonyl (C=O) groups excluding carboxylic acids is 1. The van der Waals surface area contributed by atoms with Gasteiger partial charge in [0.15, 0.2) is 5.58 Å². The summed E-state index contributed by atoms with van der Waals surface area (Å²) in [6.45, 7) is 0. The Labute approximate surface area is 158 Å². The highest BCUT2D eigenvalue weighted by Gasteiger charge is 2.10. The molecule has 4 rings (SSSR count). The number of hydrogen-bond donors (Lipinski definition) is 3. The number of carbonyl (C=O) groups is 1. The lowest BCUT2D eigenvalue weighted by atomic mass is 10.2. The zero-order valence-corrected chi connectivity index (χ0v) is 14.9. The second-order valence-electron chi connectivity index (χ2n) is 5.78. The summed E-state index contributed by atoms with van der Waals surface area (Å²) >= 11 is 1.46. The maximum atomic E-state index is 12.5. The molecule has 0 saturated heterocycles. The van der Waals surface area contributed by atoms with Crippen LogP contribution < -0.4 is 15.8 Å². The van der Waals surface area contributed by atoms with Gasteiger partial charge in [-0.3, -0.25) is 9.78 Å². The quantitative estimate of drug-likeness (QED) is 0.446. The highest BCUT2D eigenvalue weighted by molar-refractivity contribution is 8.00. The number of oxazole rings is 1. The van der Waals surface area contributed by atoms with Gasteiger partial charge in [-0.1, -0.05) is 24.3 Å². The third-order valence-corrected chi connectivity index (χ3v) is 4.66. The van der Waals surface area contributed by atoms with E-state index in [9.17, 15) is 9.59 Å². The Morgan fingerprint density at radius 2 is 1.74 bits per heavy atom. The van der Waals surface area contributed by atoms with Crippen LogP contribution >= 0.6 is 11.9 Å². The summed E-state index contributed by atoms with van der Waals surface area (Å²) in [5.74, 6) is -0.810. The second-order valence-corrected chi connectivity index (χ2v) is 6.66. The van der Waals surface area contributed by atoms with Crippen molar-refractivity contribution in [2.45, 2.75) is 4.90 Å². The van der Waals surface area contributed by atoms with Crippen LogP contribution in [0.25, 0.3) is 11.1 Å². The van der Waals surface area contributed by atoms with Crippen LogP contribution in [0.1, 0.15) is 10.4 Å². The van der Waals surface area contributed by atoms with Crippen molar-refractivity contribution in [1.82, 2.24) is 4.98 Å². The predicted molar refractivity (Wildman–Crippen MR) is 107 cm³/mol. The van der Waals surface area contributed by atoms with Crippen molar-refractivity contribution in [2.75, 3.05) is 10.0 Å². The van der Waals surface area contributed by atoms with Crippen LogP contribution in [0.3, 0.4) is 0 Å². The van der Waals surface area contributed by atoms with E-state index >= 15 is 0 Å². The lowest BCUT2D eigenvalue weighted by Gasteiger charge is -2.08. The number of hydrogen-bond acceptors (Lipinski definition) is 5. The zero-order valence-electron chi connectivity index (χ0n) is 14.1. The lowest BCUT2D eigenvalue weighted by Crippen LogP contribution is -2.11. The Bertz CT molecular complexity index is 1150. The van der Waals surface area contributed by atoms with E-state index in [1.807, 2.05) is 54.6 Å². The molecule has 134 valence electrons. The first kappa shape index (κ1) is 17.0. The van der Waals surface area contributed by atoms with E-state index < -0.39 is 5.76 Å². The average molecular weight is 377 g/mol. The van der Waals surface area contributed by atoms with Gasteiger partial charge >= 0.3 is 5.76 Å². The van der Waals surface area contributed by atoms with Crippen LogP contribution in [0.5, 0.6) is 0 Å². The van der Waals surface area contributed by atoms with Crippen LogP contribution in [0.4, 0.5) is 11.4 Å². The summed E-state index contributed by atoms with van der Waals surface area (Å²) in [6.07, 6.45) is 0. The van der Waals surface area contributed by atoms with Gasteiger partial charge in [0.05, 0.1) is 5.52 Å². The number of nitrogens with one attached hydrogen (secondary N) is 3. The fourth-order valence-corrected chi connectivity index (χ4v) is 3.26. The molecule has 4 aromatic rings. The van der Waals surface area contributed by atoms with Crippen molar-refractivity contribution in [2.24, 2.45) is 0 Å². The molecule has 3 N–H and O–H groups in total. The van der Waals surface area contributed by atoms with Crippen molar-refractivity contribution >= 4 is 40.3 Å². The Kier molecular flexibility index (Phi) is 4.67. The van der Waals surface area contributed by atoms with Crippen LogP contribution in [-0.4, -0.2) is 10.9 Å². The van der Waals surface area contributed by atoms with Crippen molar-refractivity contribution < 1.29 is 9.21 Å². The third kappa shape index (κ3) is 4.04. The molecule has 27 heavy (non-hydrogen) atoms. The molecule has 1 amide bonds. The largest absolute Gasteiger partial charge is 0.417 e. The Morgan fingerprint density at radius 3 is 2.59 bits per heavy atom. The van der Waals surface area contributed by atoms with Gasteiger partial charge in [0.25, 0.3) is 5.91 Å². The smallest absolute Gasteiger partial charge is 0.408 e. The van der Waals surface area contributed by atoms with Gasteiger partial charge in [0.2, 0.25) is 0 Å². The molecule has 0 unspecified atom stereocenters. The summed E-state index contributed by atoms with van der Waals surface area (Å²) < 4.78 is 8.20. The van der Waals surface area contributed by atoms with Crippen molar-refractivity contribution in [1.29, 1.82) is 0 Å². The molecule has 0 saturated carbocycles. The van der Waals surface area contributed by atoms with Gasteiger partial charge in [-0.25, -0.2) is 4.79 Å². The molecule has 0 atom stereocenters. The Hall–Kier alpha value is -3.45. The third-order valence-electron chi connectivity index (χ3n) is 3.83. The van der Waals surface area contributed by atoms with Crippen LogP contribution in [-0.2, 0) is 0 Å². The standard InChI is InChI=1S/C20H15N3O3S/c24-19(13-9-10-18-17(11-13)22-20(25)26-18)21-15-7-4-8-16(12-15)27-23-14-5-2-1-3-6-14/h1-12,23H,(H,21,24)(H,22,25). The number of aromatic amines is 1. The summed E-state index contributed by atoms with van der Waals surface area (Å²) in [6, 6.07) is 22.2. The number of amides is 1. The van der Waals surface area contributed by atoms with Gasteiger partial charge in [0, 0.05) is 21.8 Å². The SMILES string of the molecule is O=C(Nc1cccc(SNc2ccccc2)c1)c1ccc2oc(=O)[nH]c2c1. The van der Waals surface area contributed by atoms with Crippen molar-refractivity contribution in [3.8, 4) is 0 Å². The van der Waals surface area contributed by atoms with Crippen molar-refractivity contribution in [3.05, 3.63) is 88.9 Å². The predicted octanol–water partition coefficient (Wildman–Crippen LogP) is 4.49. The van der Waals surface area contributed by atoms with Gasteiger partial charge in [-0.15, -0.1) is 0 Å². The van der Waals surface area contributed by atoms with Crippen LogP contribution in [0.15, 0.2) is 86.9 Å². The molecule has 1 aromatic heterocycles. The number of fused-ring (bicyclic) bond motifs is 1. The van der Waals surface area contributed by atoms with E-state index in [0.29, 0.717) is 22.4 Å². The Balaban J connectivity index is 1.46. The van der Waals surface area contributed by atoms with Crippen LogP contribution in [0.2, 0.25) is 0 Å². The average Bonchev–Trinajstić information content (AvgIpc) is 3.06. The Morgan fingerprint density at radius 1 is 0.926 bits per heavy atom. The van der Waals surface area contributed by atoms with E-state index in [2.05, 4.69) is 15.0 Å². The molecule has 0 aliphatic carbocycles. The first-order valence-corrected chi connectivity index (χ1v) is 9.01. The second kappa shape index (κ2) is 7.43. The highest BCUT2D eigenvalue weighted by Crippen LogP contribution is 2.24. The van der Waals surface area contributed by atoms with E-state index in [1.165, 1.54) is 11.9 Å². The maximum absolute atomic E-state index is 12.5. The van der Waals surface area contributed by atoms with Gasteiger partial charge < -0.3 is 14.5 Å². The molecular weight excluding hydrogens is 362 g/mol. The molecule has 6 nitrogen and oxygen atoms in total. The summed E-state index contributed by atoms with van der Waals surface area (Å²) in [5, 5.41) is 2.87. The fourth-order valence-electron chi connectivity index (χ4n) is 2.56. The molecule has 7 heteroatoms. The minimum absolute atomic E-state index is 0.267. The lowest BCUT2D eigenvalue weighted by molar-refractivity contribution is 0.102. The molecule has 0 aliphatic heterocycles. The van der Waals surface area contributed by atoms with Gasteiger partial charge in [0.1, 0.15) is 0 Å². The molecule has 0 bridgehead atoms. The zero-order chi connectivity index (χ0) is 18.6. The number of anilines is 2. The fraction of sp³-hybridized carbons (Fsp3) is 0. The van der Waals surface area contributed by atoms with Crippen molar-refractivity contribution in [3.63, 3.8) is 0 Å². The van der Waals surface area contributed by atoms with E-state index in [0.717, 1.165) is 10.6 Å². The van der Waals surface area contributed by atoms with Gasteiger partial charge in [-0.05, 0) is 60.5 Å². The summed E-state index contributed by atoms with van der Waals surface area (Å²) in [4.78, 5) is 27.2. The van der Waals surface area contributed by atoms with E-state index in [-0.39, 0.29) is 5.91 Å². The van der Waals surface area contributed by atoms with E-state index in [1.54, 1.807) is 18.2 Å². The maximum Gasteiger partial charge on any atom is 0.417 e. The normalized spacial score (nSPS) is 10.7. The molecule has 0 spiro atoms. The van der Waals surface area contributed by atoms with Gasteiger partial charge in [-0.2, -0.15) is 0 Å². The minimum Gasteiger partial charge on any atom is -0.408 e. The first-order valence-electron chi connectivity index (χ1n) is 8.19. The molecule has 3 aromatic carbocycles. The molecule has 1 heterocycles. The minimum atomic E-state index is -0.543. The molecule has 0 fully saturated rings. The number of aromatic nitrogens is 1. The molecular formula is C20H15N3O3S. The summed E-state index contributed by atoms with van der Waals surface area (Å²) in [5.41, 5.74) is 3.02.